The first kappa shape index (κ1) is 17.5. The van der Waals surface area contributed by atoms with Crippen LogP contribution in [0.1, 0.15) is 11.6 Å². The van der Waals surface area contributed by atoms with Crippen LogP contribution in [-0.2, 0) is 4.79 Å². The zero-order valence-electron chi connectivity index (χ0n) is 13.6. The van der Waals surface area contributed by atoms with E-state index in [0.29, 0.717) is 13.2 Å². The topological polar surface area (TPSA) is 85.9 Å². The average Bonchev–Trinajstić information content (AvgIpc) is 2.56. The van der Waals surface area contributed by atoms with Crippen molar-refractivity contribution in [1.29, 1.82) is 0 Å². The summed E-state index contributed by atoms with van der Waals surface area (Å²) in [7, 11) is 1.88. The maximum Gasteiger partial charge on any atom is 0.319 e. The molecule has 0 aliphatic heterocycles. The van der Waals surface area contributed by atoms with Gasteiger partial charge in [-0.1, -0.05) is 48.5 Å². The summed E-state index contributed by atoms with van der Waals surface area (Å²) >= 11 is 0. The van der Waals surface area contributed by atoms with Crippen LogP contribution in [0.5, 0.6) is 5.75 Å². The molecule has 2 rings (SSSR count). The lowest BCUT2D eigenvalue weighted by Crippen LogP contribution is -3.11. The first-order valence-corrected chi connectivity index (χ1v) is 7.73. The second-order valence-corrected chi connectivity index (χ2v) is 5.46. The van der Waals surface area contributed by atoms with Crippen molar-refractivity contribution in [3.63, 3.8) is 0 Å². The van der Waals surface area contributed by atoms with E-state index in [1.165, 1.54) is 0 Å². The Labute approximate surface area is 141 Å². The van der Waals surface area contributed by atoms with Gasteiger partial charge in [0.2, 0.25) is 0 Å². The van der Waals surface area contributed by atoms with Gasteiger partial charge in [0.15, 0.2) is 6.04 Å². The van der Waals surface area contributed by atoms with E-state index in [1.54, 1.807) is 0 Å². The van der Waals surface area contributed by atoms with Crippen molar-refractivity contribution >= 4 is 11.9 Å². The monoisotopic (exact) mass is 328 g/mol. The van der Waals surface area contributed by atoms with E-state index >= 15 is 0 Å². The quantitative estimate of drug-likeness (QED) is 0.692. The number of likely N-dealkylation sites (N-methyl/N-ethyl adjacent to an activating group) is 1. The third-order valence-corrected chi connectivity index (χ3v) is 3.64. The molecule has 0 spiro atoms. The molecule has 0 fully saturated rings. The van der Waals surface area contributed by atoms with Gasteiger partial charge in [0.05, 0.1) is 7.05 Å². The summed E-state index contributed by atoms with van der Waals surface area (Å²) in [6, 6.07) is 17.4. The Bertz CT molecular complexity index is 662. The number of rotatable bonds is 7. The van der Waals surface area contributed by atoms with Crippen molar-refractivity contribution in [3.05, 3.63) is 66.2 Å². The second kappa shape index (κ2) is 8.69. The third kappa shape index (κ3) is 5.10. The molecular formula is C18H22N3O3+. The van der Waals surface area contributed by atoms with Gasteiger partial charge in [0.1, 0.15) is 18.9 Å². The van der Waals surface area contributed by atoms with Crippen LogP contribution >= 0.6 is 0 Å². The molecule has 0 radical (unpaired) electrons. The van der Waals surface area contributed by atoms with Gasteiger partial charge in [-0.15, -0.1) is 0 Å². The minimum atomic E-state index is -0.853. The first-order valence-electron chi connectivity index (χ1n) is 7.73. The number of hydrogen-bond donors (Lipinski definition) is 3. The van der Waals surface area contributed by atoms with Gasteiger partial charge >= 0.3 is 6.03 Å². The number of nitrogens with one attached hydrogen (secondary N) is 2. The number of quaternary nitrogens is 1. The SMILES string of the molecule is C[NH+](CCOc1ccccc1)[C@H](C(=O)NC(N)=O)c1ccccc1. The molecule has 2 aromatic carbocycles. The van der Waals surface area contributed by atoms with Crippen LogP contribution in [0.25, 0.3) is 0 Å². The number of primary amides is 1. The lowest BCUT2D eigenvalue weighted by Gasteiger charge is -2.24. The van der Waals surface area contributed by atoms with Gasteiger partial charge in [-0.3, -0.25) is 10.1 Å². The van der Waals surface area contributed by atoms with Gasteiger partial charge in [-0.2, -0.15) is 0 Å². The number of hydrogen-bond acceptors (Lipinski definition) is 3. The molecule has 24 heavy (non-hydrogen) atoms. The minimum Gasteiger partial charge on any atom is -0.488 e. The first-order chi connectivity index (χ1) is 11.6. The molecule has 3 amide bonds. The number of para-hydroxylation sites is 1. The van der Waals surface area contributed by atoms with E-state index in [4.69, 9.17) is 10.5 Å². The van der Waals surface area contributed by atoms with Crippen LogP contribution in [0.2, 0.25) is 0 Å². The Kier molecular flexibility index (Phi) is 6.33. The highest BCUT2D eigenvalue weighted by Gasteiger charge is 2.29. The molecule has 0 saturated carbocycles. The molecule has 0 aliphatic carbocycles. The molecule has 2 atom stereocenters. The predicted octanol–water partition coefficient (Wildman–Crippen LogP) is 0.516. The van der Waals surface area contributed by atoms with Crippen molar-refractivity contribution < 1.29 is 19.2 Å². The van der Waals surface area contributed by atoms with Gasteiger partial charge in [0.25, 0.3) is 5.91 Å². The summed E-state index contributed by atoms with van der Waals surface area (Å²) in [5.74, 6) is 0.356. The molecule has 1 unspecified atom stereocenters. The standard InChI is InChI=1S/C18H21N3O3/c1-21(12-13-24-15-10-6-3-7-11-15)16(17(22)20-18(19)23)14-8-4-2-5-9-14/h2-11,16H,12-13H2,1H3,(H3,19,20,22,23)/p+1/t16-/m0/s1. The van der Waals surface area contributed by atoms with Gasteiger partial charge < -0.3 is 15.4 Å². The molecule has 0 bridgehead atoms. The van der Waals surface area contributed by atoms with Crippen LogP contribution in [0.4, 0.5) is 4.79 Å². The van der Waals surface area contributed by atoms with Crippen molar-refractivity contribution in [2.75, 3.05) is 20.2 Å². The number of nitrogens with two attached hydrogens (primary N) is 1. The molecule has 126 valence electrons. The van der Waals surface area contributed by atoms with Crippen LogP contribution in [0.15, 0.2) is 60.7 Å². The molecule has 6 heteroatoms. The van der Waals surface area contributed by atoms with E-state index in [-0.39, 0.29) is 0 Å². The summed E-state index contributed by atoms with van der Waals surface area (Å²) in [5.41, 5.74) is 5.89. The number of urea groups is 1. The fourth-order valence-electron chi connectivity index (χ4n) is 2.49. The Balaban J connectivity index is 2.02. The lowest BCUT2D eigenvalue weighted by molar-refractivity contribution is -0.902. The molecule has 0 aliphatic rings. The highest BCUT2D eigenvalue weighted by molar-refractivity contribution is 5.96. The van der Waals surface area contributed by atoms with Crippen LogP contribution in [0.3, 0.4) is 0 Å². The smallest absolute Gasteiger partial charge is 0.319 e. The number of carbonyl (C=O) groups excluding carboxylic acids is 2. The summed E-state index contributed by atoms with van der Waals surface area (Å²) in [6.07, 6.45) is 0. The number of benzene rings is 2. The Morgan fingerprint density at radius 1 is 1.08 bits per heavy atom. The van der Waals surface area contributed by atoms with E-state index in [9.17, 15) is 9.59 Å². The van der Waals surface area contributed by atoms with Crippen LogP contribution < -0.4 is 20.7 Å². The summed E-state index contributed by atoms with van der Waals surface area (Å²) in [6.45, 7) is 1.03. The van der Waals surface area contributed by atoms with Gasteiger partial charge in [0, 0.05) is 5.56 Å². The van der Waals surface area contributed by atoms with Crippen molar-refractivity contribution in [1.82, 2.24) is 5.32 Å². The normalized spacial score (nSPS) is 12.9. The Morgan fingerprint density at radius 3 is 2.25 bits per heavy atom. The molecule has 0 aromatic heterocycles. The molecule has 0 heterocycles. The summed E-state index contributed by atoms with van der Waals surface area (Å²) < 4.78 is 5.68. The van der Waals surface area contributed by atoms with E-state index < -0.39 is 18.0 Å². The van der Waals surface area contributed by atoms with E-state index in [1.807, 2.05) is 67.7 Å². The highest BCUT2D eigenvalue weighted by Crippen LogP contribution is 2.10. The van der Waals surface area contributed by atoms with Crippen molar-refractivity contribution in [2.45, 2.75) is 6.04 Å². The minimum absolute atomic E-state index is 0.425. The fraction of sp³-hybridized carbons (Fsp3) is 0.222. The fourth-order valence-corrected chi connectivity index (χ4v) is 2.49. The molecule has 0 saturated heterocycles. The summed E-state index contributed by atoms with van der Waals surface area (Å²) in [4.78, 5) is 24.3. The van der Waals surface area contributed by atoms with Crippen molar-refractivity contribution in [2.24, 2.45) is 5.73 Å². The third-order valence-electron chi connectivity index (χ3n) is 3.64. The van der Waals surface area contributed by atoms with E-state index in [0.717, 1.165) is 16.2 Å². The molecular weight excluding hydrogens is 306 g/mol. The molecule has 2 aromatic rings. The van der Waals surface area contributed by atoms with E-state index in [2.05, 4.69) is 5.32 Å². The van der Waals surface area contributed by atoms with Crippen LogP contribution in [-0.4, -0.2) is 32.1 Å². The largest absolute Gasteiger partial charge is 0.488 e. The molecule has 6 nitrogen and oxygen atoms in total. The summed E-state index contributed by atoms with van der Waals surface area (Å²) in [5, 5.41) is 2.17. The number of amides is 3. The zero-order chi connectivity index (χ0) is 17.4. The zero-order valence-corrected chi connectivity index (χ0v) is 13.6. The van der Waals surface area contributed by atoms with Gasteiger partial charge in [-0.05, 0) is 12.1 Å². The Morgan fingerprint density at radius 2 is 1.67 bits per heavy atom. The Hall–Kier alpha value is -2.86. The number of ether oxygens (including phenoxy) is 1. The van der Waals surface area contributed by atoms with Crippen molar-refractivity contribution in [3.8, 4) is 5.75 Å². The number of carbonyl (C=O) groups is 2. The maximum absolute atomic E-state index is 12.4. The number of imide groups is 1. The van der Waals surface area contributed by atoms with Gasteiger partial charge in [-0.25, -0.2) is 4.79 Å². The predicted molar refractivity (Wildman–Crippen MR) is 90.6 cm³/mol. The lowest BCUT2D eigenvalue weighted by atomic mass is 10.0. The maximum atomic E-state index is 12.4. The van der Waals surface area contributed by atoms with Crippen LogP contribution in [0, 0.1) is 0 Å². The molecule has 4 N–H and O–H groups in total. The second-order valence-electron chi connectivity index (χ2n) is 5.46. The average molecular weight is 328 g/mol. The highest BCUT2D eigenvalue weighted by atomic mass is 16.5.